The van der Waals surface area contributed by atoms with Crippen molar-refractivity contribution in [3.05, 3.63) is 27.7 Å². The van der Waals surface area contributed by atoms with Gasteiger partial charge in [-0.3, -0.25) is 0 Å². The van der Waals surface area contributed by atoms with E-state index in [1.165, 1.54) is 19.3 Å². The molecular weight excluding hydrogens is 302 g/mol. The fraction of sp³-hybridized carbons (Fsp3) is 0.538. The van der Waals surface area contributed by atoms with E-state index in [2.05, 4.69) is 21.2 Å². The van der Waals surface area contributed by atoms with Crippen molar-refractivity contribution in [2.45, 2.75) is 31.7 Å². The molecule has 1 aromatic rings. The van der Waals surface area contributed by atoms with Crippen molar-refractivity contribution in [1.82, 2.24) is 5.32 Å². The van der Waals surface area contributed by atoms with Crippen molar-refractivity contribution in [3.63, 3.8) is 0 Å². The van der Waals surface area contributed by atoms with Gasteiger partial charge in [-0.2, -0.15) is 0 Å². The van der Waals surface area contributed by atoms with Crippen LogP contribution in [0.4, 0.5) is 0 Å². The molecule has 2 nitrogen and oxygen atoms in total. The van der Waals surface area contributed by atoms with Crippen molar-refractivity contribution in [1.29, 1.82) is 0 Å². The highest BCUT2D eigenvalue weighted by atomic mass is 79.9. The second kappa shape index (κ2) is 6.62. The molecule has 1 aromatic carbocycles. The van der Waals surface area contributed by atoms with E-state index in [-0.39, 0.29) is 0 Å². The van der Waals surface area contributed by atoms with Gasteiger partial charge in [0.1, 0.15) is 5.75 Å². The minimum atomic E-state index is 0.606. The zero-order valence-electron chi connectivity index (χ0n) is 9.72. The predicted molar refractivity (Wildman–Crippen MR) is 74.9 cm³/mol. The van der Waals surface area contributed by atoms with Gasteiger partial charge in [0.2, 0.25) is 0 Å². The standard InChI is InChI=1S/C13H17BrClNO/c14-10-4-5-12(15)13(9-10)17-8-6-11-3-1-2-7-16-11/h4-5,9,11,16H,1-3,6-8H2. The average Bonchev–Trinajstić information content (AvgIpc) is 2.35. The molecule has 0 aromatic heterocycles. The first kappa shape index (κ1) is 13.2. The first-order valence-corrected chi connectivity index (χ1v) is 7.24. The number of piperidine rings is 1. The third kappa shape index (κ3) is 4.16. The Bertz CT molecular complexity index is 366. The molecule has 0 amide bonds. The Hall–Kier alpha value is -0.250. The molecule has 0 radical (unpaired) electrons. The monoisotopic (exact) mass is 317 g/mol. The van der Waals surface area contributed by atoms with E-state index in [0.29, 0.717) is 17.7 Å². The van der Waals surface area contributed by atoms with Crippen molar-refractivity contribution in [2.24, 2.45) is 0 Å². The van der Waals surface area contributed by atoms with Crippen LogP contribution in [0.25, 0.3) is 0 Å². The lowest BCUT2D eigenvalue weighted by Crippen LogP contribution is -2.35. The van der Waals surface area contributed by atoms with Gasteiger partial charge in [0, 0.05) is 10.5 Å². The van der Waals surface area contributed by atoms with E-state index in [9.17, 15) is 0 Å². The van der Waals surface area contributed by atoms with Crippen LogP contribution in [0.1, 0.15) is 25.7 Å². The average molecular weight is 319 g/mol. The molecule has 0 saturated carbocycles. The van der Waals surface area contributed by atoms with Crippen LogP contribution >= 0.6 is 27.5 Å². The zero-order chi connectivity index (χ0) is 12.1. The van der Waals surface area contributed by atoms with Gasteiger partial charge in [-0.05, 0) is 44.0 Å². The summed E-state index contributed by atoms with van der Waals surface area (Å²) in [5.74, 6) is 0.761. The van der Waals surface area contributed by atoms with Crippen LogP contribution < -0.4 is 10.1 Å². The Morgan fingerprint density at radius 3 is 3.06 bits per heavy atom. The summed E-state index contributed by atoms with van der Waals surface area (Å²) in [6, 6.07) is 6.28. The molecule has 1 N–H and O–H groups in total. The normalized spacial score (nSPS) is 20.2. The molecule has 1 atom stereocenters. The first-order chi connectivity index (χ1) is 8.25. The molecule has 0 bridgehead atoms. The second-order valence-electron chi connectivity index (χ2n) is 4.36. The number of hydrogen-bond acceptors (Lipinski definition) is 2. The molecule has 1 aliphatic rings. The summed E-state index contributed by atoms with van der Waals surface area (Å²) in [5.41, 5.74) is 0. The van der Waals surface area contributed by atoms with Gasteiger partial charge >= 0.3 is 0 Å². The molecule has 1 unspecified atom stereocenters. The number of rotatable bonds is 4. The topological polar surface area (TPSA) is 21.3 Å². The molecule has 0 spiro atoms. The van der Waals surface area contributed by atoms with Gasteiger partial charge < -0.3 is 10.1 Å². The number of benzene rings is 1. The highest BCUT2D eigenvalue weighted by Gasteiger charge is 2.12. The van der Waals surface area contributed by atoms with E-state index in [4.69, 9.17) is 16.3 Å². The summed E-state index contributed by atoms with van der Waals surface area (Å²) >= 11 is 9.47. The van der Waals surface area contributed by atoms with Gasteiger partial charge in [0.05, 0.1) is 11.6 Å². The van der Waals surface area contributed by atoms with Gasteiger partial charge in [-0.25, -0.2) is 0 Å². The van der Waals surface area contributed by atoms with Gasteiger partial charge in [-0.1, -0.05) is 34.0 Å². The minimum Gasteiger partial charge on any atom is -0.492 e. The second-order valence-corrected chi connectivity index (χ2v) is 5.68. The lowest BCUT2D eigenvalue weighted by molar-refractivity contribution is 0.268. The first-order valence-electron chi connectivity index (χ1n) is 6.07. The molecule has 17 heavy (non-hydrogen) atoms. The maximum atomic E-state index is 6.06. The highest BCUT2D eigenvalue weighted by molar-refractivity contribution is 9.10. The maximum Gasteiger partial charge on any atom is 0.139 e. The fourth-order valence-corrected chi connectivity index (χ4v) is 2.58. The molecule has 4 heteroatoms. The molecule has 1 heterocycles. The van der Waals surface area contributed by atoms with Crippen molar-refractivity contribution >= 4 is 27.5 Å². The molecule has 0 aliphatic carbocycles. The fourth-order valence-electron chi connectivity index (χ4n) is 2.07. The Morgan fingerprint density at radius 2 is 2.29 bits per heavy atom. The van der Waals surface area contributed by atoms with Crippen LogP contribution in [0.5, 0.6) is 5.75 Å². The number of halogens is 2. The number of ether oxygens (including phenoxy) is 1. The predicted octanol–water partition coefficient (Wildman–Crippen LogP) is 4.01. The third-order valence-corrected chi connectivity index (χ3v) is 3.84. The quantitative estimate of drug-likeness (QED) is 0.905. The molecular formula is C13H17BrClNO. The smallest absolute Gasteiger partial charge is 0.139 e. The lowest BCUT2D eigenvalue weighted by atomic mass is 10.0. The van der Waals surface area contributed by atoms with Crippen molar-refractivity contribution in [3.8, 4) is 5.75 Å². The summed E-state index contributed by atoms with van der Waals surface area (Å²) < 4.78 is 6.71. The van der Waals surface area contributed by atoms with E-state index in [0.717, 1.165) is 23.2 Å². The van der Waals surface area contributed by atoms with E-state index >= 15 is 0 Å². The summed E-state index contributed by atoms with van der Waals surface area (Å²) in [5, 5.41) is 4.18. The van der Waals surface area contributed by atoms with Crippen LogP contribution in [-0.4, -0.2) is 19.2 Å². The Morgan fingerprint density at radius 1 is 1.41 bits per heavy atom. The van der Waals surface area contributed by atoms with Crippen LogP contribution in [0.3, 0.4) is 0 Å². The summed E-state index contributed by atoms with van der Waals surface area (Å²) in [6.07, 6.45) is 4.93. The number of nitrogens with one attached hydrogen (secondary N) is 1. The van der Waals surface area contributed by atoms with Crippen LogP contribution in [-0.2, 0) is 0 Å². The summed E-state index contributed by atoms with van der Waals surface area (Å²) in [6.45, 7) is 1.86. The van der Waals surface area contributed by atoms with Gasteiger partial charge in [-0.15, -0.1) is 0 Å². The van der Waals surface area contributed by atoms with Crippen LogP contribution in [0.15, 0.2) is 22.7 Å². The zero-order valence-corrected chi connectivity index (χ0v) is 12.1. The SMILES string of the molecule is Clc1ccc(Br)cc1OCCC1CCCCN1. The van der Waals surface area contributed by atoms with E-state index in [1.54, 1.807) is 0 Å². The maximum absolute atomic E-state index is 6.06. The van der Waals surface area contributed by atoms with Crippen LogP contribution in [0, 0.1) is 0 Å². The number of hydrogen-bond donors (Lipinski definition) is 1. The summed E-state index contributed by atoms with van der Waals surface area (Å²) in [4.78, 5) is 0. The van der Waals surface area contributed by atoms with Gasteiger partial charge in [0.15, 0.2) is 0 Å². The molecule has 94 valence electrons. The molecule has 1 saturated heterocycles. The van der Waals surface area contributed by atoms with Crippen molar-refractivity contribution < 1.29 is 4.74 Å². The largest absolute Gasteiger partial charge is 0.492 e. The summed E-state index contributed by atoms with van der Waals surface area (Å²) in [7, 11) is 0. The highest BCUT2D eigenvalue weighted by Crippen LogP contribution is 2.28. The molecule has 2 rings (SSSR count). The molecule has 1 fully saturated rings. The van der Waals surface area contributed by atoms with E-state index < -0.39 is 0 Å². The Kier molecular flexibility index (Phi) is 5.14. The van der Waals surface area contributed by atoms with E-state index in [1.807, 2.05) is 18.2 Å². The van der Waals surface area contributed by atoms with Crippen LogP contribution in [0.2, 0.25) is 5.02 Å². The lowest BCUT2D eigenvalue weighted by Gasteiger charge is -2.23. The third-order valence-electron chi connectivity index (χ3n) is 3.03. The minimum absolute atomic E-state index is 0.606. The van der Waals surface area contributed by atoms with Crippen molar-refractivity contribution in [2.75, 3.05) is 13.2 Å². The Labute approximate surface area is 116 Å². The molecule has 1 aliphatic heterocycles. The van der Waals surface area contributed by atoms with Gasteiger partial charge in [0.25, 0.3) is 0 Å². The Balaban J connectivity index is 1.79.